The summed E-state index contributed by atoms with van der Waals surface area (Å²) in [6.07, 6.45) is 6.05. The van der Waals surface area contributed by atoms with Crippen molar-refractivity contribution >= 4 is 0 Å². The number of nitrogens with zero attached hydrogens (tertiary/aromatic N) is 2. The van der Waals surface area contributed by atoms with Gasteiger partial charge in [0.25, 0.3) is 0 Å². The summed E-state index contributed by atoms with van der Waals surface area (Å²) in [5, 5.41) is 10.8. The first-order valence-electron chi connectivity index (χ1n) is 6.06. The molecule has 5 heteroatoms. The van der Waals surface area contributed by atoms with Crippen molar-refractivity contribution < 1.29 is 4.52 Å². The molecular weight excluding hydrogens is 204 g/mol. The largest absolute Gasteiger partial charge is 0.343 e. The number of hydrogen-bond acceptors (Lipinski definition) is 5. The van der Waals surface area contributed by atoms with Crippen LogP contribution in [0.1, 0.15) is 32.0 Å². The zero-order valence-corrected chi connectivity index (χ0v) is 9.78. The number of rotatable bonds is 6. The minimum absolute atomic E-state index is 0.544. The summed E-state index contributed by atoms with van der Waals surface area (Å²) in [6.45, 7) is 4.32. The lowest BCUT2D eigenvalue weighted by molar-refractivity contribution is 0.405. The van der Waals surface area contributed by atoms with Crippen LogP contribution >= 0.6 is 0 Å². The fourth-order valence-electron chi connectivity index (χ4n) is 2.20. The van der Waals surface area contributed by atoms with Crippen LogP contribution in [0.4, 0.5) is 0 Å². The van der Waals surface area contributed by atoms with Crippen molar-refractivity contribution in [2.45, 2.75) is 44.7 Å². The molecule has 1 fully saturated rings. The van der Waals surface area contributed by atoms with Gasteiger partial charge in [-0.25, -0.2) is 0 Å². The summed E-state index contributed by atoms with van der Waals surface area (Å²) in [5.41, 5.74) is 0. The molecule has 90 valence electrons. The molecule has 5 nitrogen and oxygen atoms in total. The average Bonchev–Trinajstić information content (AvgIpc) is 2.90. The van der Waals surface area contributed by atoms with E-state index in [1.54, 1.807) is 0 Å². The highest BCUT2D eigenvalue weighted by atomic mass is 16.5. The Morgan fingerprint density at radius 1 is 1.69 bits per heavy atom. The molecule has 1 aliphatic heterocycles. The van der Waals surface area contributed by atoms with E-state index in [0.717, 1.165) is 18.8 Å². The average molecular weight is 224 g/mol. The maximum Gasteiger partial charge on any atom is 0.213 e. The quantitative estimate of drug-likeness (QED) is 0.746. The number of hydrogen-bond donors (Lipinski definition) is 2. The highest BCUT2D eigenvalue weighted by Gasteiger charge is 2.16. The van der Waals surface area contributed by atoms with Gasteiger partial charge in [-0.1, -0.05) is 5.16 Å². The van der Waals surface area contributed by atoms with Crippen LogP contribution in [0.2, 0.25) is 0 Å². The van der Waals surface area contributed by atoms with Crippen LogP contribution < -0.4 is 10.6 Å². The molecule has 2 atom stereocenters. The SMILES string of the molecule is CC(CC1CCCN1)NCCc1ncon1. The van der Waals surface area contributed by atoms with E-state index in [1.165, 1.54) is 32.2 Å². The first-order valence-corrected chi connectivity index (χ1v) is 6.06. The van der Waals surface area contributed by atoms with Gasteiger partial charge in [-0.05, 0) is 32.7 Å². The van der Waals surface area contributed by atoms with Crippen LogP contribution in [0.25, 0.3) is 0 Å². The standard InChI is InChI=1S/C11H20N4O/c1-9(7-10-3-2-5-13-10)12-6-4-11-14-8-16-15-11/h8-10,12-13H,2-7H2,1H3. The van der Waals surface area contributed by atoms with Crippen molar-refractivity contribution in [2.24, 2.45) is 0 Å². The third kappa shape index (κ3) is 3.57. The van der Waals surface area contributed by atoms with Gasteiger partial charge in [-0.3, -0.25) is 0 Å². The Hall–Kier alpha value is -0.940. The van der Waals surface area contributed by atoms with Gasteiger partial charge in [0.05, 0.1) is 0 Å². The summed E-state index contributed by atoms with van der Waals surface area (Å²) < 4.78 is 4.68. The summed E-state index contributed by atoms with van der Waals surface area (Å²) in [4.78, 5) is 3.99. The fourth-order valence-corrected chi connectivity index (χ4v) is 2.20. The first kappa shape index (κ1) is 11.5. The first-order chi connectivity index (χ1) is 7.84. The highest BCUT2D eigenvalue weighted by molar-refractivity contribution is 4.81. The van der Waals surface area contributed by atoms with Gasteiger partial charge in [0, 0.05) is 25.0 Å². The van der Waals surface area contributed by atoms with Crippen molar-refractivity contribution in [3.8, 4) is 0 Å². The molecule has 1 aromatic heterocycles. The molecule has 2 unspecified atom stereocenters. The molecule has 0 saturated carbocycles. The van der Waals surface area contributed by atoms with E-state index in [0.29, 0.717) is 12.1 Å². The summed E-state index contributed by atoms with van der Waals surface area (Å²) >= 11 is 0. The minimum atomic E-state index is 0.544. The fraction of sp³-hybridized carbons (Fsp3) is 0.818. The molecule has 1 aliphatic rings. The Kier molecular flexibility index (Phi) is 4.30. The number of aromatic nitrogens is 2. The summed E-state index contributed by atoms with van der Waals surface area (Å²) in [7, 11) is 0. The van der Waals surface area contributed by atoms with Crippen molar-refractivity contribution in [3.05, 3.63) is 12.2 Å². The maximum atomic E-state index is 4.68. The smallest absolute Gasteiger partial charge is 0.213 e. The second kappa shape index (κ2) is 5.96. The molecule has 2 N–H and O–H groups in total. The predicted octanol–water partition coefficient (Wildman–Crippen LogP) is 0.732. The zero-order valence-electron chi connectivity index (χ0n) is 9.78. The molecule has 0 spiro atoms. The van der Waals surface area contributed by atoms with Gasteiger partial charge in [0.15, 0.2) is 5.82 Å². The Bertz CT molecular complexity index is 282. The Labute approximate surface area is 96.0 Å². The van der Waals surface area contributed by atoms with Crippen LogP contribution in [-0.4, -0.2) is 35.3 Å². The Morgan fingerprint density at radius 3 is 3.31 bits per heavy atom. The van der Waals surface area contributed by atoms with Crippen LogP contribution in [0.15, 0.2) is 10.9 Å². The van der Waals surface area contributed by atoms with Gasteiger partial charge in [0.2, 0.25) is 6.39 Å². The number of nitrogens with one attached hydrogen (secondary N) is 2. The molecule has 2 heterocycles. The normalized spacial score (nSPS) is 22.4. The molecule has 0 bridgehead atoms. The van der Waals surface area contributed by atoms with Crippen molar-refractivity contribution in [1.29, 1.82) is 0 Å². The van der Waals surface area contributed by atoms with E-state index >= 15 is 0 Å². The third-order valence-electron chi connectivity index (χ3n) is 3.05. The lowest BCUT2D eigenvalue weighted by Crippen LogP contribution is -2.34. The summed E-state index contributed by atoms with van der Waals surface area (Å²) in [6, 6.07) is 1.25. The van der Waals surface area contributed by atoms with E-state index in [2.05, 4.69) is 32.2 Å². The zero-order chi connectivity index (χ0) is 11.2. The van der Waals surface area contributed by atoms with E-state index in [4.69, 9.17) is 0 Å². The van der Waals surface area contributed by atoms with Crippen molar-refractivity contribution in [2.75, 3.05) is 13.1 Å². The van der Waals surface area contributed by atoms with Crippen molar-refractivity contribution in [1.82, 2.24) is 20.8 Å². The lowest BCUT2D eigenvalue weighted by Gasteiger charge is -2.17. The van der Waals surface area contributed by atoms with Crippen LogP contribution in [0, 0.1) is 0 Å². The van der Waals surface area contributed by atoms with Gasteiger partial charge in [-0.15, -0.1) is 0 Å². The lowest BCUT2D eigenvalue weighted by atomic mass is 10.1. The Morgan fingerprint density at radius 2 is 2.62 bits per heavy atom. The summed E-state index contributed by atoms with van der Waals surface area (Å²) in [5.74, 6) is 0.777. The van der Waals surface area contributed by atoms with Crippen LogP contribution in [-0.2, 0) is 6.42 Å². The van der Waals surface area contributed by atoms with Gasteiger partial charge in [0.1, 0.15) is 0 Å². The Balaban J connectivity index is 1.58. The van der Waals surface area contributed by atoms with E-state index in [9.17, 15) is 0 Å². The van der Waals surface area contributed by atoms with E-state index < -0.39 is 0 Å². The predicted molar refractivity (Wildman–Crippen MR) is 61.1 cm³/mol. The molecule has 1 aromatic rings. The molecule has 16 heavy (non-hydrogen) atoms. The van der Waals surface area contributed by atoms with Gasteiger partial charge < -0.3 is 15.2 Å². The molecule has 0 amide bonds. The minimum Gasteiger partial charge on any atom is -0.343 e. The molecule has 0 aliphatic carbocycles. The molecule has 1 saturated heterocycles. The second-order valence-electron chi connectivity index (χ2n) is 4.48. The monoisotopic (exact) mass is 224 g/mol. The van der Waals surface area contributed by atoms with Crippen LogP contribution in [0.5, 0.6) is 0 Å². The topological polar surface area (TPSA) is 63.0 Å². The molecule has 0 radical (unpaired) electrons. The third-order valence-corrected chi connectivity index (χ3v) is 3.05. The van der Waals surface area contributed by atoms with Gasteiger partial charge in [-0.2, -0.15) is 4.98 Å². The molecule has 0 aromatic carbocycles. The van der Waals surface area contributed by atoms with Crippen molar-refractivity contribution in [3.63, 3.8) is 0 Å². The molecular formula is C11H20N4O. The van der Waals surface area contributed by atoms with E-state index in [1.807, 2.05) is 0 Å². The van der Waals surface area contributed by atoms with Gasteiger partial charge >= 0.3 is 0 Å². The second-order valence-corrected chi connectivity index (χ2v) is 4.48. The maximum absolute atomic E-state index is 4.68. The highest BCUT2D eigenvalue weighted by Crippen LogP contribution is 2.10. The van der Waals surface area contributed by atoms with Crippen LogP contribution in [0.3, 0.4) is 0 Å². The molecule has 2 rings (SSSR count). The van der Waals surface area contributed by atoms with E-state index in [-0.39, 0.29) is 0 Å².